The van der Waals surface area contributed by atoms with Gasteiger partial charge in [-0.2, -0.15) is 11.8 Å². The van der Waals surface area contributed by atoms with Crippen LogP contribution < -0.4 is 0 Å². The molecule has 1 heterocycles. The van der Waals surface area contributed by atoms with Crippen LogP contribution in [0.4, 0.5) is 0 Å². The maximum absolute atomic E-state index is 4.32. The molecule has 0 aliphatic heterocycles. The van der Waals surface area contributed by atoms with Crippen LogP contribution in [0.1, 0.15) is 29.7 Å². The van der Waals surface area contributed by atoms with Crippen LogP contribution in [-0.4, -0.2) is 11.2 Å². The van der Waals surface area contributed by atoms with Gasteiger partial charge >= 0.3 is 0 Å². The number of thiazole rings is 1. The molecular weight excluding hydrogens is 174 g/mol. The first-order valence-electron chi connectivity index (χ1n) is 3.67. The Morgan fingerprint density at radius 3 is 2.82 bits per heavy atom. The summed E-state index contributed by atoms with van der Waals surface area (Å²) in [5.74, 6) is 1.68. The number of rotatable bonds is 3. The second-order valence-corrected chi connectivity index (χ2v) is 4.76. The van der Waals surface area contributed by atoms with Crippen molar-refractivity contribution in [3.63, 3.8) is 0 Å². The van der Waals surface area contributed by atoms with Gasteiger partial charge in [-0.1, -0.05) is 13.8 Å². The van der Waals surface area contributed by atoms with Crippen LogP contribution in [0.3, 0.4) is 0 Å². The van der Waals surface area contributed by atoms with Crippen molar-refractivity contribution in [3.8, 4) is 0 Å². The van der Waals surface area contributed by atoms with Crippen molar-refractivity contribution in [1.29, 1.82) is 0 Å². The summed E-state index contributed by atoms with van der Waals surface area (Å²) in [4.78, 5) is 5.72. The molecule has 62 valence electrons. The Labute approximate surface area is 76.2 Å². The van der Waals surface area contributed by atoms with E-state index in [4.69, 9.17) is 0 Å². The first-order valence-corrected chi connectivity index (χ1v) is 5.88. The average molecular weight is 187 g/mol. The molecule has 11 heavy (non-hydrogen) atoms. The fourth-order valence-electron chi connectivity index (χ4n) is 0.781. The standard InChI is InChI=1S/C8H13NS2/c1-6(2)7-4-9-8(11-7)5-10-3/h4,6H,5H2,1-3H3. The van der Waals surface area contributed by atoms with Gasteiger partial charge in [-0.3, -0.25) is 0 Å². The molecule has 0 saturated carbocycles. The highest BCUT2D eigenvalue weighted by atomic mass is 32.2. The van der Waals surface area contributed by atoms with E-state index in [0.29, 0.717) is 5.92 Å². The Balaban J connectivity index is 2.66. The average Bonchev–Trinajstić information content (AvgIpc) is 2.37. The number of thioether (sulfide) groups is 1. The van der Waals surface area contributed by atoms with Crippen LogP contribution in [0.2, 0.25) is 0 Å². The second kappa shape index (κ2) is 4.12. The molecule has 0 saturated heterocycles. The molecule has 0 bridgehead atoms. The minimum Gasteiger partial charge on any atom is -0.249 e. The van der Waals surface area contributed by atoms with Crippen molar-refractivity contribution >= 4 is 23.1 Å². The molecule has 1 rings (SSSR count). The van der Waals surface area contributed by atoms with Crippen molar-refractivity contribution in [1.82, 2.24) is 4.98 Å². The lowest BCUT2D eigenvalue weighted by Crippen LogP contribution is -1.77. The van der Waals surface area contributed by atoms with Crippen molar-refractivity contribution in [2.45, 2.75) is 25.5 Å². The molecule has 1 aromatic heterocycles. The maximum Gasteiger partial charge on any atom is 0.103 e. The molecule has 1 aromatic rings. The molecule has 0 spiro atoms. The zero-order chi connectivity index (χ0) is 8.27. The van der Waals surface area contributed by atoms with E-state index in [1.807, 2.05) is 29.3 Å². The smallest absolute Gasteiger partial charge is 0.103 e. The third kappa shape index (κ3) is 2.49. The molecular formula is C8H13NS2. The topological polar surface area (TPSA) is 12.9 Å². The highest BCUT2D eigenvalue weighted by molar-refractivity contribution is 7.97. The summed E-state index contributed by atoms with van der Waals surface area (Å²) < 4.78 is 0. The van der Waals surface area contributed by atoms with Gasteiger partial charge in [-0.25, -0.2) is 4.98 Å². The molecule has 0 N–H and O–H groups in total. The van der Waals surface area contributed by atoms with Crippen LogP contribution in [0.5, 0.6) is 0 Å². The lowest BCUT2D eigenvalue weighted by Gasteiger charge is -1.95. The maximum atomic E-state index is 4.32. The lowest BCUT2D eigenvalue weighted by molar-refractivity contribution is 0.885. The summed E-state index contributed by atoms with van der Waals surface area (Å²) in [6.45, 7) is 4.41. The lowest BCUT2D eigenvalue weighted by atomic mass is 10.2. The van der Waals surface area contributed by atoms with Gasteiger partial charge in [0, 0.05) is 16.8 Å². The Morgan fingerprint density at radius 2 is 2.36 bits per heavy atom. The van der Waals surface area contributed by atoms with Gasteiger partial charge < -0.3 is 0 Å². The number of aromatic nitrogens is 1. The summed E-state index contributed by atoms with van der Waals surface area (Å²) in [5, 5.41) is 1.25. The van der Waals surface area contributed by atoms with E-state index in [1.54, 1.807) is 0 Å². The van der Waals surface area contributed by atoms with Gasteiger partial charge in [-0.15, -0.1) is 11.3 Å². The Hall–Kier alpha value is -0.0200. The van der Waals surface area contributed by atoms with Crippen molar-refractivity contribution in [2.75, 3.05) is 6.26 Å². The van der Waals surface area contributed by atoms with E-state index in [0.717, 1.165) is 5.75 Å². The largest absolute Gasteiger partial charge is 0.249 e. The third-order valence-electron chi connectivity index (χ3n) is 1.41. The molecule has 0 aromatic carbocycles. The van der Waals surface area contributed by atoms with Gasteiger partial charge in [0.15, 0.2) is 0 Å². The SMILES string of the molecule is CSCc1ncc(C(C)C)s1. The van der Waals surface area contributed by atoms with Crippen molar-refractivity contribution < 1.29 is 0 Å². The van der Waals surface area contributed by atoms with Crippen LogP contribution in [0.25, 0.3) is 0 Å². The van der Waals surface area contributed by atoms with E-state index >= 15 is 0 Å². The molecule has 0 atom stereocenters. The summed E-state index contributed by atoms with van der Waals surface area (Å²) >= 11 is 3.66. The zero-order valence-corrected chi connectivity index (χ0v) is 8.76. The predicted octanol–water partition coefficient (Wildman–Crippen LogP) is 3.13. The second-order valence-electron chi connectivity index (χ2n) is 2.74. The number of hydrogen-bond acceptors (Lipinski definition) is 3. The van der Waals surface area contributed by atoms with Gasteiger partial charge in [0.2, 0.25) is 0 Å². The van der Waals surface area contributed by atoms with Gasteiger partial charge in [0.25, 0.3) is 0 Å². The van der Waals surface area contributed by atoms with Crippen LogP contribution >= 0.6 is 23.1 Å². The van der Waals surface area contributed by atoms with Crippen molar-refractivity contribution in [2.24, 2.45) is 0 Å². The molecule has 0 fully saturated rings. The van der Waals surface area contributed by atoms with E-state index in [-0.39, 0.29) is 0 Å². The Morgan fingerprint density at radius 1 is 1.64 bits per heavy atom. The summed E-state index contributed by atoms with van der Waals surface area (Å²) in [6.07, 6.45) is 4.11. The summed E-state index contributed by atoms with van der Waals surface area (Å²) in [6, 6.07) is 0. The molecule has 0 aliphatic carbocycles. The van der Waals surface area contributed by atoms with E-state index in [2.05, 4.69) is 25.1 Å². The molecule has 3 heteroatoms. The Kier molecular flexibility index (Phi) is 3.40. The predicted molar refractivity (Wildman–Crippen MR) is 53.4 cm³/mol. The van der Waals surface area contributed by atoms with Gasteiger partial charge in [-0.05, 0) is 12.2 Å². The molecule has 1 nitrogen and oxygen atoms in total. The molecule has 0 amide bonds. The van der Waals surface area contributed by atoms with Crippen LogP contribution in [-0.2, 0) is 5.75 Å². The first-order chi connectivity index (χ1) is 5.24. The van der Waals surface area contributed by atoms with E-state index in [1.165, 1.54) is 9.88 Å². The summed E-state index contributed by atoms with van der Waals surface area (Å²) in [7, 11) is 0. The van der Waals surface area contributed by atoms with E-state index in [9.17, 15) is 0 Å². The number of hydrogen-bond donors (Lipinski definition) is 0. The molecule has 0 aliphatic rings. The minimum atomic E-state index is 0.628. The normalized spacial score (nSPS) is 10.9. The van der Waals surface area contributed by atoms with Gasteiger partial charge in [0.05, 0.1) is 0 Å². The fraction of sp³-hybridized carbons (Fsp3) is 0.625. The van der Waals surface area contributed by atoms with Gasteiger partial charge in [0.1, 0.15) is 5.01 Å². The van der Waals surface area contributed by atoms with Crippen LogP contribution in [0, 0.1) is 0 Å². The van der Waals surface area contributed by atoms with Crippen LogP contribution in [0.15, 0.2) is 6.20 Å². The molecule has 0 radical (unpaired) electrons. The van der Waals surface area contributed by atoms with Crippen molar-refractivity contribution in [3.05, 3.63) is 16.1 Å². The molecule has 0 unspecified atom stereocenters. The third-order valence-corrected chi connectivity index (χ3v) is 3.45. The summed E-state index contributed by atoms with van der Waals surface area (Å²) in [5.41, 5.74) is 0. The highest BCUT2D eigenvalue weighted by Crippen LogP contribution is 2.23. The van der Waals surface area contributed by atoms with E-state index < -0.39 is 0 Å². The monoisotopic (exact) mass is 187 g/mol. The fourth-order valence-corrected chi connectivity index (χ4v) is 2.41. The number of nitrogens with zero attached hydrogens (tertiary/aromatic N) is 1. The zero-order valence-electron chi connectivity index (χ0n) is 7.13. The Bertz CT molecular complexity index is 218. The first kappa shape index (κ1) is 9.07. The quantitative estimate of drug-likeness (QED) is 0.721. The minimum absolute atomic E-state index is 0.628. The highest BCUT2D eigenvalue weighted by Gasteiger charge is 2.03.